The van der Waals surface area contributed by atoms with Gasteiger partial charge < -0.3 is 15.2 Å². The van der Waals surface area contributed by atoms with Crippen LogP contribution in [-0.4, -0.2) is 14.2 Å². The Hall–Kier alpha value is -1.11. The fourth-order valence-corrected chi connectivity index (χ4v) is 2.98. The van der Waals surface area contributed by atoms with E-state index in [4.69, 9.17) is 15.2 Å². The second-order valence-electron chi connectivity index (χ2n) is 4.36. The van der Waals surface area contributed by atoms with E-state index in [1.807, 2.05) is 6.07 Å². The molecule has 0 fully saturated rings. The molecule has 21 heavy (non-hydrogen) atoms. The lowest BCUT2D eigenvalue weighted by Crippen LogP contribution is -2.14. The van der Waals surface area contributed by atoms with Crippen LogP contribution >= 0.6 is 31.9 Å². The average Bonchev–Trinajstić information content (AvgIpc) is 2.49. The molecule has 0 aliphatic heterocycles. The Labute approximate surface area is 139 Å². The quantitative estimate of drug-likeness (QED) is 0.799. The number of ether oxygens (including phenoxy) is 2. The SMILES string of the molecule is COc1ccc(C(N)c2ccc(Br)c(F)c2)c(OC)c1Br. The summed E-state index contributed by atoms with van der Waals surface area (Å²) >= 11 is 6.56. The van der Waals surface area contributed by atoms with Gasteiger partial charge in [0, 0.05) is 5.56 Å². The Kier molecular flexibility index (Phi) is 5.24. The predicted molar refractivity (Wildman–Crippen MR) is 87.4 cm³/mol. The van der Waals surface area contributed by atoms with E-state index >= 15 is 0 Å². The van der Waals surface area contributed by atoms with E-state index < -0.39 is 6.04 Å². The summed E-state index contributed by atoms with van der Waals surface area (Å²) in [4.78, 5) is 0. The molecule has 2 aromatic carbocycles. The molecule has 6 heteroatoms. The van der Waals surface area contributed by atoms with Crippen LogP contribution in [0.25, 0.3) is 0 Å². The Morgan fingerprint density at radius 2 is 1.81 bits per heavy atom. The molecule has 1 atom stereocenters. The van der Waals surface area contributed by atoms with E-state index in [1.54, 1.807) is 32.4 Å². The van der Waals surface area contributed by atoms with Crippen molar-refractivity contribution in [2.75, 3.05) is 14.2 Å². The van der Waals surface area contributed by atoms with Gasteiger partial charge >= 0.3 is 0 Å². The molecule has 2 rings (SSSR count). The maximum atomic E-state index is 13.7. The maximum Gasteiger partial charge on any atom is 0.141 e. The molecule has 0 aliphatic carbocycles. The van der Waals surface area contributed by atoms with Crippen molar-refractivity contribution in [3.8, 4) is 11.5 Å². The van der Waals surface area contributed by atoms with Crippen molar-refractivity contribution < 1.29 is 13.9 Å². The first kappa shape index (κ1) is 16.3. The number of methoxy groups -OCH3 is 2. The van der Waals surface area contributed by atoms with Gasteiger partial charge in [-0.1, -0.05) is 6.07 Å². The van der Waals surface area contributed by atoms with Gasteiger partial charge in [-0.05, 0) is 61.7 Å². The number of rotatable bonds is 4. The summed E-state index contributed by atoms with van der Waals surface area (Å²) in [7, 11) is 3.13. The molecule has 0 bridgehead atoms. The minimum absolute atomic E-state index is 0.352. The van der Waals surface area contributed by atoms with Crippen LogP contribution in [-0.2, 0) is 0 Å². The fraction of sp³-hybridized carbons (Fsp3) is 0.200. The lowest BCUT2D eigenvalue weighted by atomic mass is 9.98. The van der Waals surface area contributed by atoms with Gasteiger partial charge in [0.15, 0.2) is 0 Å². The molecule has 3 nitrogen and oxygen atoms in total. The Morgan fingerprint density at radius 3 is 2.38 bits per heavy atom. The summed E-state index contributed by atoms with van der Waals surface area (Å²) in [6.45, 7) is 0. The summed E-state index contributed by atoms with van der Waals surface area (Å²) in [5.74, 6) is 0.865. The summed E-state index contributed by atoms with van der Waals surface area (Å²) in [6.07, 6.45) is 0. The van der Waals surface area contributed by atoms with Crippen LogP contribution in [0.1, 0.15) is 17.2 Å². The summed E-state index contributed by atoms with van der Waals surface area (Å²) in [5, 5.41) is 0. The highest BCUT2D eigenvalue weighted by Crippen LogP contribution is 2.40. The second-order valence-corrected chi connectivity index (χ2v) is 6.00. The number of hydrogen-bond donors (Lipinski definition) is 1. The summed E-state index contributed by atoms with van der Waals surface area (Å²) < 4.78 is 25.4. The monoisotopic (exact) mass is 417 g/mol. The molecule has 0 saturated carbocycles. The smallest absolute Gasteiger partial charge is 0.141 e. The van der Waals surface area contributed by atoms with Crippen LogP contribution in [0.4, 0.5) is 4.39 Å². The minimum atomic E-state index is -0.509. The van der Waals surface area contributed by atoms with Crippen molar-refractivity contribution in [2.24, 2.45) is 5.73 Å². The lowest BCUT2D eigenvalue weighted by Gasteiger charge is -2.19. The first-order valence-electron chi connectivity index (χ1n) is 6.10. The Morgan fingerprint density at radius 1 is 1.10 bits per heavy atom. The molecular formula is C15H14Br2FNO2. The minimum Gasteiger partial charge on any atom is -0.495 e. The average molecular weight is 419 g/mol. The molecule has 0 spiro atoms. The van der Waals surface area contributed by atoms with Gasteiger partial charge in [0.05, 0.1) is 24.7 Å². The molecule has 0 aliphatic rings. The molecule has 0 radical (unpaired) electrons. The molecule has 2 aromatic rings. The van der Waals surface area contributed by atoms with Gasteiger partial charge in [0.1, 0.15) is 21.8 Å². The third-order valence-electron chi connectivity index (χ3n) is 3.15. The lowest BCUT2D eigenvalue weighted by molar-refractivity contribution is 0.385. The number of halogens is 3. The van der Waals surface area contributed by atoms with Gasteiger partial charge in [0.2, 0.25) is 0 Å². The largest absolute Gasteiger partial charge is 0.495 e. The van der Waals surface area contributed by atoms with Crippen molar-refractivity contribution in [3.05, 3.63) is 56.2 Å². The maximum absolute atomic E-state index is 13.7. The van der Waals surface area contributed by atoms with E-state index in [2.05, 4.69) is 31.9 Å². The highest BCUT2D eigenvalue weighted by molar-refractivity contribution is 9.11. The third kappa shape index (κ3) is 3.22. The molecule has 0 aromatic heterocycles. The molecule has 0 saturated heterocycles. The second kappa shape index (κ2) is 6.77. The zero-order valence-corrected chi connectivity index (χ0v) is 14.7. The van der Waals surface area contributed by atoms with Crippen LogP contribution in [0.15, 0.2) is 39.3 Å². The number of hydrogen-bond acceptors (Lipinski definition) is 3. The van der Waals surface area contributed by atoms with Crippen molar-refractivity contribution in [3.63, 3.8) is 0 Å². The topological polar surface area (TPSA) is 44.5 Å². The highest BCUT2D eigenvalue weighted by Gasteiger charge is 2.19. The Bertz CT molecular complexity index is 664. The molecule has 1 unspecified atom stereocenters. The van der Waals surface area contributed by atoms with Crippen molar-refractivity contribution in [1.82, 2.24) is 0 Å². The van der Waals surface area contributed by atoms with Gasteiger partial charge in [0.25, 0.3) is 0 Å². The van der Waals surface area contributed by atoms with Crippen molar-refractivity contribution in [1.29, 1.82) is 0 Å². The fourth-order valence-electron chi connectivity index (χ4n) is 2.05. The number of nitrogens with two attached hydrogens (primary N) is 1. The van der Waals surface area contributed by atoms with E-state index in [0.717, 1.165) is 5.56 Å². The summed E-state index contributed by atoms with van der Waals surface area (Å²) in [5.41, 5.74) is 7.65. The third-order valence-corrected chi connectivity index (χ3v) is 4.55. The standard InChI is InChI=1S/C15H14Br2FNO2/c1-20-12-6-4-9(15(21-2)13(12)17)14(19)8-3-5-10(16)11(18)7-8/h3-7,14H,19H2,1-2H3. The molecule has 2 N–H and O–H groups in total. The summed E-state index contributed by atoms with van der Waals surface area (Å²) in [6, 6.07) is 7.91. The molecular weight excluding hydrogens is 405 g/mol. The van der Waals surface area contributed by atoms with Crippen LogP contribution in [0.2, 0.25) is 0 Å². The van der Waals surface area contributed by atoms with E-state index in [1.165, 1.54) is 6.07 Å². The first-order valence-corrected chi connectivity index (χ1v) is 7.69. The highest BCUT2D eigenvalue weighted by atomic mass is 79.9. The van der Waals surface area contributed by atoms with E-state index in [9.17, 15) is 4.39 Å². The van der Waals surface area contributed by atoms with Gasteiger partial charge in [-0.3, -0.25) is 0 Å². The predicted octanol–water partition coefficient (Wildman–Crippen LogP) is 4.42. The van der Waals surface area contributed by atoms with Crippen molar-refractivity contribution >= 4 is 31.9 Å². The van der Waals surface area contributed by atoms with Crippen LogP contribution < -0.4 is 15.2 Å². The normalized spacial score (nSPS) is 12.1. The van der Waals surface area contributed by atoms with Gasteiger partial charge in [-0.25, -0.2) is 4.39 Å². The molecule has 0 amide bonds. The van der Waals surface area contributed by atoms with Crippen LogP contribution in [0, 0.1) is 5.82 Å². The van der Waals surface area contributed by atoms with Crippen LogP contribution in [0.3, 0.4) is 0 Å². The first-order chi connectivity index (χ1) is 9.99. The van der Waals surface area contributed by atoms with E-state index in [0.29, 0.717) is 26.0 Å². The Balaban J connectivity index is 2.50. The zero-order valence-electron chi connectivity index (χ0n) is 11.5. The van der Waals surface area contributed by atoms with Crippen LogP contribution in [0.5, 0.6) is 11.5 Å². The number of benzene rings is 2. The zero-order chi connectivity index (χ0) is 15.6. The van der Waals surface area contributed by atoms with Gasteiger partial charge in [-0.2, -0.15) is 0 Å². The van der Waals surface area contributed by atoms with E-state index in [-0.39, 0.29) is 5.82 Å². The molecule has 112 valence electrons. The van der Waals surface area contributed by atoms with Crippen molar-refractivity contribution in [2.45, 2.75) is 6.04 Å². The molecule has 0 heterocycles. The van der Waals surface area contributed by atoms with Gasteiger partial charge in [-0.15, -0.1) is 0 Å².